The van der Waals surface area contributed by atoms with Gasteiger partial charge in [-0.25, -0.2) is 9.97 Å². The van der Waals surface area contributed by atoms with Gasteiger partial charge in [-0.05, 0) is 32.1 Å². The summed E-state index contributed by atoms with van der Waals surface area (Å²) in [6.45, 7) is 2.87. The van der Waals surface area contributed by atoms with Crippen molar-refractivity contribution in [2.24, 2.45) is 5.41 Å². The smallest absolute Gasteiger partial charge is 0.225 e. The molecule has 6 heteroatoms. The molecule has 1 aromatic heterocycles. The number of hydrogen-bond donors (Lipinski definition) is 0. The zero-order valence-electron chi connectivity index (χ0n) is 15.1. The van der Waals surface area contributed by atoms with Gasteiger partial charge in [0.25, 0.3) is 0 Å². The molecule has 1 aliphatic carbocycles. The van der Waals surface area contributed by atoms with E-state index in [-0.39, 0.29) is 5.41 Å². The quantitative estimate of drug-likeness (QED) is 0.844. The number of anilines is 1. The molecule has 1 atom stereocenters. The SMILES string of the molecule is COc1cnc(N2CCC[C@@]3(CCC(=O)N(C4CCCC4)C3)C2)nc1. The predicted molar refractivity (Wildman–Crippen MR) is 95.7 cm³/mol. The normalized spacial score (nSPS) is 28.0. The van der Waals surface area contributed by atoms with Crippen LogP contribution in [-0.2, 0) is 4.79 Å². The molecular formula is C19H28N4O2. The van der Waals surface area contributed by atoms with Crippen molar-refractivity contribution in [3.63, 3.8) is 0 Å². The fourth-order valence-electron chi connectivity index (χ4n) is 4.88. The minimum Gasteiger partial charge on any atom is -0.494 e. The van der Waals surface area contributed by atoms with Gasteiger partial charge in [0.05, 0.1) is 19.5 Å². The van der Waals surface area contributed by atoms with E-state index in [1.807, 2.05) is 0 Å². The number of carbonyl (C=O) groups is 1. The van der Waals surface area contributed by atoms with Crippen LogP contribution in [0.4, 0.5) is 5.95 Å². The van der Waals surface area contributed by atoms with Crippen LogP contribution in [-0.4, -0.2) is 53.6 Å². The second-order valence-electron chi connectivity index (χ2n) is 7.91. The molecule has 3 fully saturated rings. The average molecular weight is 344 g/mol. The van der Waals surface area contributed by atoms with Crippen LogP contribution in [0, 0.1) is 5.41 Å². The first-order valence-corrected chi connectivity index (χ1v) is 9.60. The highest BCUT2D eigenvalue weighted by Crippen LogP contribution is 2.41. The predicted octanol–water partition coefficient (Wildman–Crippen LogP) is 2.64. The molecule has 0 unspecified atom stereocenters. The standard InChI is InChI=1S/C19H28N4O2/c1-25-16-11-20-18(21-12-16)22-10-4-8-19(13-22)9-7-17(24)23(14-19)15-5-2-3-6-15/h11-12,15H,2-10,13-14H2,1H3/t19-/m1/s1. The maximum atomic E-state index is 12.5. The first-order valence-electron chi connectivity index (χ1n) is 9.60. The van der Waals surface area contributed by atoms with E-state index in [0.29, 0.717) is 24.1 Å². The zero-order chi connectivity index (χ0) is 17.3. The third-order valence-electron chi connectivity index (χ3n) is 6.26. The Morgan fingerprint density at radius 3 is 2.60 bits per heavy atom. The van der Waals surface area contributed by atoms with E-state index in [1.54, 1.807) is 19.5 Å². The molecule has 0 aromatic carbocycles. The number of hydrogen-bond acceptors (Lipinski definition) is 5. The van der Waals surface area contributed by atoms with Gasteiger partial charge in [-0.3, -0.25) is 4.79 Å². The van der Waals surface area contributed by atoms with E-state index in [0.717, 1.165) is 38.4 Å². The summed E-state index contributed by atoms with van der Waals surface area (Å²) in [7, 11) is 1.63. The lowest BCUT2D eigenvalue weighted by molar-refractivity contribution is -0.140. The highest BCUT2D eigenvalue weighted by Gasteiger charge is 2.44. The van der Waals surface area contributed by atoms with E-state index in [4.69, 9.17) is 4.74 Å². The number of amides is 1. The third kappa shape index (κ3) is 3.31. The van der Waals surface area contributed by atoms with Crippen molar-refractivity contribution in [1.29, 1.82) is 0 Å². The number of piperidine rings is 2. The molecule has 6 nitrogen and oxygen atoms in total. The Labute approximate surface area is 149 Å². The Morgan fingerprint density at radius 2 is 1.88 bits per heavy atom. The number of methoxy groups -OCH3 is 1. The Kier molecular flexibility index (Phi) is 4.52. The molecular weight excluding hydrogens is 316 g/mol. The summed E-state index contributed by atoms with van der Waals surface area (Å²) < 4.78 is 5.16. The molecule has 2 aliphatic heterocycles. The van der Waals surface area contributed by atoms with Gasteiger partial charge in [-0.1, -0.05) is 12.8 Å². The van der Waals surface area contributed by atoms with Crippen molar-refractivity contribution in [3.8, 4) is 5.75 Å². The van der Waals surface area contributed by atoms with Gasteiger partial charge < -0.3 is 14.5 Å². The fourth-order valence-corrected chi connectivity index (χ4v) is 4.88. The van der Waals surface area contributed by atoms with E-state index in [2.05, 4.69) is 19.8 Å². The molecule has 136 valence electrons. The molecule has 2 saturated heterocycles. The molecule has 0 bridgehead atoms. The van der Waals surface area contributed by atoms with Crippen molar-refractivity contribution >= 4 is 11.9 Å². The highest BCUT2D eigenvalue weighted by atomic mass is 16.5. The maximum Gasteiger partial charge on any atom is 0.225 e. The molecule has 4 rings (SSSR count). The Bertz CT molecular complexity index is 614. The summed E-state index contributed by atoms with van der Waals surface area (Å²) in [6, 6.07) is 0.484. The second kappa shape index (κ2) is 6.81. The van der Waals surface area contributed by atoms with Gasteiger partial charge in [-0.15, -0.1) is 0 Å². The van der Waals surface area contributed by atoms with Crippen LogP contribution in [0.3, 0.4) is 0 Å². The monoisotopic (exact) mass is 344 g/mol. The Hall–Kier alpha value is -1.85. The van der Waals surface area contributed by atoms with Crippen molar-refractivity contribution in [2.45, 2.75) is 57.4 Å². The van der Waals surface area contributed by atoms with Gasteiger partial charge in [0, 0.05) is 37.5 Å². The average Bonchev–Trinajstić information content (AvgIpc) is 3.19. The third-order valence-corrected chi connectivity index (χ3v) is 6.26. The van der Waals surface area contributed by atoms with Crippen molar-refractivity contribution < 1.29 is 9.53 Å². The molecule has 1 amide bonds. The van der Waals surface area contributed by atoms with Crippen molar-refractivity contribution in [3.05, 3.63) is 12.4 Å². The molecule has 25 heavy (non-hydrogen) atoms. The molecule has 3 heterocycles. The summed E-state index contributed by atoms with van der Waals surface area (Å²) in [5.41, 5.74) is 0.206. The van der Waals surface area contributed by atoms with Crippen LogP contribution in [0.25, 0.3) is 0 Å². The molecule has 1 spiro atoms. The second-order valence-corrected chi connectivity index (χ2v) is 7.91. The minimum absolute atomic E-state index is 0.206. The highest BCUT2D eigenvalue weighted by molar-refractivity contribution is 5.77. The van der Waals surface area contributed by atoms with Crippen molar-refractivity contribution in [2.75, 3.05) is 31.6 Å². The fraction of sp³-hybridized carbons (Fsp3) is 0.737. The Morgan fingerprint density at radius 1 is 1.12 bits per heavy atom. The van der Waals surface area contributed by atoms with E-state index >= 15 is 0 Å². The van der Waals surface area contributed by atoms with E-state index in [9.17, 15) is 4.79 Å². The zero-order valence-corrected chi connectivity index (χ0v) is 15.1. The molecule has 0 N–H and O–H groups in total. The van der Waals surface area contributed by atoms with Crippen LogP contribution in [0.1, 0.15) is 51.4 Å². The lowest BCUT2D eigenvalue weighted by atomic mass is 9.73. The van der Waals surface area contributed by atoms with Crippen LogP contribution in [0.5, 0.6) is 5.75 Å². The number of rotatable bonds is 3. The topological polar surface area (TPSA) is 58.6 Å². The number of carbonyl (C=O) groups excluding carboxylic acids is 1. The largest absolute Gasteiger partial charge is 0.494 e. The lowest BCUT2D eigenvalue weighted by Gasteiger charge is -2.49. The summed E-state index contributed by atoms with van der Waals surface area (Å²) in [5.74, 6) is 1.84. The lowest BCUT2D eigenvalue weighted by Crippen LogP contribution is -2.56. The number of likely N-dealkylation sites (tertiary alicyclic amines) is 1. The van der Waals surface area contributed by atoms with Crippen LogP contribution >= 0.6 is 0 Å². The van der Waals surface area contributed by atoms with Crippen LogP contribution in [0.2, 0.25) is 0 Å². The summed E-state index contributed by atoms with van der Waals surface area (Å²) >= 11 is 0. The number of aromatic nitrogens is 2. The summed E-state index contributed by atoms with van der Waals surface area (Å²) in [6.07, 6.45) is 12.4. The first-order chi connectivity index (χ1) is 12.2. The van der Waals surface area contributed by atoms with Gasteiger partial charge in [0.1, 0.15) is 0 Å². The van der Waals surface area contributed by atoms with Gasteiger partial charge in [0.2, 0.25) is 11.9 Å². The molecule has 3 aliphatic rings. The number of ether oxygens (including phenoxy) is 1. The first kappa shape index (κ1) is 16.6. The Balaban J connectivity index is 1.49. The van der Waals surface area contributed by atoms with E-state index in [1.165, 1.54) is 32.1 Å². The van der Waals surface area contributed by atoms with Crippen molar-refractivity contribution in [1.82, 2.24) is 14.9 Å². The maximum absolute atomic E-state index is 12.5. The summed E-state index contributed by atoms with van der Waals surface area (Å²) in [4.78, 5) is 26.0. The van der Waals surface area contributed by atoms with Crippen LogP contribution < -0.4 is 9.64 Å². The van der Waals surface area contributed by atoms with Gasteiger partial charge in [0.15, 0.2) is 5.75 Å². The molecule has 1 saturated carbocycles. The number of nitrogens with zero attached hydrogens (tertiary/aromatic N) is 4. The molecule has 0 radical (unpaired) electrons. The van der Waals surface area contributed by atoms with Gasteiger partial charge >= 0.3 is 0 Å². The van der Waals surface area contributed by atoms with Gasteiger partial charge in [-0.2, -0.15) is 0 Å². The van der Waals surface area contributed by atoms with E-state index < -0.39 is 0 Å². The molecule has 1 aromatic rings. The minimum atomic E-state index is 0.206. The van der Waals surface area contributed by atoms with Crippen LogP contribution in [0.15, 0.2) is 12.4 Å². The summed E-state index contributed by atoms with van der Waals surface area (Å²) in [5, 5.41) is 0.